The lowest BCUT2D eigenvalue weighted by atomic mass is 9.96. The average Bonchev–Trinajstić information content (AvgIpc) is 2.49. The smallest absolute Gasteiger partial charge is 0.210 e. The Morgan fingerprint density at radius 3 is 2.70 bits per heavy atom. The zero-order valence-corrected chi connectivity index (χ0v) is 12.6. The fourth-order valence-corrected chi connectivity index (χ4v) is 2.82. The Morgan fingerprint density at radius 2 is 2.05 bits per heavy atom. The molecular weight excluding hydrogens is 248 g/mol. The highest BCUT2D eigenvalue weighted by molar-refractivity contribution is 5.94. The fraction of sp³-hybridized carbons (Fsp3) is 0.562. The first-order chi connectivity index (χ1) is 9.74. The minimum Gasteiger partial charge on any atom is -0.325 e. The number of hydrazine groups is 1. The van der Waals surface area contributed by atoms with Crippen LogP contribution in [0.3, 0.4) is 0 Å². The molecule has 1 aromatic rings. The Morgan fingerprint density at radius 1 is 1.30 bits per heavy atom. The second kappa shape index (κ2) is 7.29. The van der Waals surface area contributed by atoms with Crippen LogP contribution < -0.4 is 16.6 Å². The summed E-state index contributed by atoms with van der Waals surface area (Å²) in [7, 11) is 0. The Labute approximate surface area is 121 Å². The van der Waals surface area contributed by atoms with Crippen molar-refractivity contribution in [3.63, 3.8) is 0 Å². The van der Waals surface area contributed by atoms with Crippen LogP contribution in [0, 0.1) is 6.92 Å². The first kappa shape index (κ1) is 14.9. The Kier molecular flexibility index (Phi) is 5.41. The monoisotopic (exact) mass is 274 g/mol. The van der Waals surface area contributed by atoms with Gasteiger partial charge in [-0.15, -0.1) is 0 Å². The number of rotatable bonds is 3. The van der Waals surface area contributed by atoms with Gasteiger partial charge >= 0.3 is 0 Å². The number of aliphatic imine (C=N–C) groups is 1. The highest BCUT2D eigenvalue weighted by Gasteiger charge is 2.14. The van der Waals surface area contributed by atoms with Crippen LogP contribution in [0.4, 0.5) is 5.69 Å². The largest absolute Gasteiger partial charge is 0.325 e. The number of anilines is 1. The average molecular weight is 274 g/mol. The number of nitrogens with zero attached hydrogens (tertiary/aromatic N) is 1. The lowest BCUT2D eigenvalue weighted by molar-refractivity contribution is 0.442. The van der Waals surface area contributed by atoms with Gasteiger partial charge in [-0.2, -0.15) is 0 Å². The van der Waals surface area contributed by atoms with Crippen molar-refractivity contribution in [1.82, 2.24) is 5.43 Å². The molecule has 0 unspecified atom stereocenters. The molecule has 0 aromatic heterocycles. The maximum absolute atomic E-state index is 5.64. The summed E-state index contributed by atoms with van der Waals surface area (Å²) >= 11 is 0. The van der Waals surface area contributed by atoms with E-state index in [0.717, 1.165) is 12.1 Å². The maximum Gasteiger partial charge on any atom is 0.210 e. The zero-order chi connectivity index (χ0) is 14.4. The predicted octanol–water partition coefficient (Wildman–Crippen LogP) is 3.12. The van der Waals surface area contributed by atoms with Gasteiger partial charge < -0.3 is 5.32 Å². The molecule has 1 aromatic carbocycles. The number of aryl methyl sites for hydroxylation is 2. The molecule has 1 saturated carbocycles. The first-order valence-electron chi connectivity index (χ1n) is 7.64. The number of para-hydroxylation sites is 1. The summed E-state index contributed by atoms with van der Waals surface area (Å²) in [6.45, 7) is 4.27. The van der Waals surface area contributed by atoms with Crippen LogP contribution in [0.2, 0.25) is 0 Å². The second-order valence-corrected chi connectivity index (χ2v) is 5.50. The second-order valence-electron chi connectivity index (χ2n) is 5.50. The highest BCUT2D eigenvalue weighted by Crippen LogP contribution is 2.23. The Bertz CT molecular complexity index is 462. The van der Waals surface area contributed by atoms with E-state index < -0.39 is 0 Å². The van der Waals surface area contributed by atoms with E-state index in [4.69, 9.17) is 10.8 Å². The molecule has 2 rings (SSSR count). The lowest BCUT2D eigenvalue weighted by Gasteiger charge is -2.21. The fourth-order valence-electron chi connectivity index (χ4n) is 2.82. The normalized spacial score (nSPS) is 17.1. The molecule has 1 fully saturated rings. The number of benzene rings is 1. The maximum atomic E-state index is 5.64. The molecule has 0 radical (unpaired) electrons. The summed E-state index contributed by atoms with van der Waals surface area (Å²) in [4.78, 5) is 4.74. The van der Waals surface area contributed by atoms with Crippen LogP contribution >= 0.6 is 0 Å². The Hall–Kier alpha value is -1.55. The quantitative estimate of drug-likeness (QED) is 0.343. The number of nitrogens with one attached hydrogen (secondary N) is 2. The van der Waals surface area contributed by atoms with Crippen molar-refractivity contribution in [2.24, 2.45) is 10.8 Å². The van der Waals surface area contributed by atoms with Crippen LogP contribution in [0.5, 0.6) is 0 Å². The van der Waals surface area contributed by atoms with Gasteiger partial charge in [0.15, 0.2) is 0 Å². The summed E-state index contributed by atoms with van der Waals surface area (Å²) in [6, 6.07) is 6.74. The molecule has 4 nitrogen and oxygen atoms in total. The third kappa shape index (κ3) is 3.73. The molecule has 4 heteroatoms. The lowest BCUT2D eigenvalue weighted by Crippen LogP contribution is -2.38. The van der Waals surface area contributed by atoms with E-state index in [1.54, 1.807) is 0 Å². The highest BCUT2D eigenvalue weighted by atomic mass is 15.3. The topological polar surface area (TPSA) is 62.4 Å². The van der Waals surface area contributed by atoms with Crippen molar-refractivity contribution in [2.75, 3.05) is 5.32 Å². The molecule has 20 heavy (non-hydrogen) atoms. The van der Waals surface area contributed by atoms with Crippen molar-refractivity contribution in [3.05, 3.63) is 29.3 Å². The summed E-state index contributed by atoms with van der Waals surface area (Å²) in [5.74, 6) is 6.32. The standard InChI is InChI=1S/C16H26N4/c1-3-13-9-7-8-12(2)15(13)19-16(20-17)18-14-10-5-4-6-11-14/h7-9,14H,3-6,10-11,17H2,1-2H3,(H2,18,19,20). The molecule has 0 bridgehead atoms. The summed E-state index contributed by atoms with van der Waals surface area (Å²) < 4.78 is 0. The number of hydrogen-bond donors (Lipinski definition) is 3. The third-order valence-electron chi connectivity index (χ3n) is 4.01. The van der Waals surface area contributed by atoms with Gasteiger partial charge in [-0.25, -0.2) is 10.8 Å². The van der Waals surface area contributed by atoms with Crippen LogP contribution in [0.25, 0.3) is 0 Å². The van der Waals surface area contributed by atoms with Crippen molar-refractivity contribution >= 4 is 11.6 Å². The van der Waals surface area contributed by atoms with E-state index in [2.05, 4.69) is 42.8 Å². The van der Waals surface area contributed by atoms with Crippen LogP contribution in [0.1, 0.15) is 50.2 Å². The minimum absolute atomic E-state index is 0.399. The molecule has 0 amide bonds. The van der Waals surface area contributed by atoms with Gasteiger partial charge in [0, 0.05) is 5.69 Å². The summed E-state index contributed by atoms with van der Waals surface area (Å²) in [6.07, 6.45) is 7.21. The van der Waals surface area contributed by atoms with E-state index in [9.17, 15) is 0 Å². The van der Waals surface area contributed by atoms with Gasteiger partial charge in [0.1, 0.15) is 0 Å². The number of guanidine groups is 1. The van der Waals surface area contributed by atoms with Crippen molar-refractivity contribution in [3.8, 4) is 0 Å². The van der Waals surface area contributed by atoms with Gasteiger partial charge in [0.05, 0.1) is 6.04 Å². The van der Waals surface area contributed by atoms with Crippen molar-refractivity contribution in [2.45, 2.75) is 58.4 Å². The van der Waals surface area contributed by atoms with Crippen LogP contribution in [0.15, 0.2) is 23.2 Å². The summed E-state index contributed by atoms with van der Waals surface area (Å²) in [5, 5.41) is 3.38. The van der Waals surface area contributed by atoms with Crippen molar-refractivity contribution in [1.29, 1.82) is 0 Å². The minimum atomic E-state index is 0.399. The van der Waals surface area contributed by atoms with Crippen LogP contribution in [-0.4, -0.2) is 12.0 Å². The third-order valence-corrected chi connectivity index (χ3v) is 4.01. The summed E-state index contributed by atoms with van der Waals surface area (Å²) in [5.41, 5.74) is 6.35. The number of nitrogens with two attached hydrogens (primary N) is 1. The SMILES string of the molecule is CCc1cccc(C)c1NC(=NC1CCCCC1)NN. The van der Waals surface area contributed by atoms with Gasteiger partial charge in [-0.3, -0.25) is 5.43 Å². The molecule has 0 heterocycles. The molecule has 0 saturated heterocycles. The zero-order valence-electron chi connectivity index (χ0n) is 12.6. The van der Waals surface area contributed by atoms with Crippen molar-refractivity contribution < 1.29 is 0 Å². The van der Waals surface area contributed by atoms with Gasteiger partial charge in [0.2, 0.25) is 5.96 Å². The molecule has 110 valence electrons. The molecule has 1 aliphatic carbocycles. The number of hydrogen-bond acceptors (Lipinski definition) is 2. The van der Waals surface area contributed by atoms with E-state index in [0.29, 0.717) is 12.0 Å². The van der Waals surface area contributed by atoms with E-state index >= 15 is 0 Å². The van der Waals surface area contributed by atoms with E-state index in [-0.39, 0.29) is 0 Å². The molecular formula is C16H26N4. The van der Waals surface area contributed by atoms with Crippen LogP contribution in [-0.2, 0) is 6.42 Å². The molecule has 4 N–H and O–H groups in total. The van der Waals surface area contributed by atoms with Gasteiger partial charge in [0.25, 0.3) is 0 Å². The molecule has 0 spiro atoms. The van der Waals surface area contributed by atoms with E-state index in [1.165, 1.54) is 43.2 Å². The Balaban J connectivity index is 2.15. The molecule has 0 atom stereocenters. The molecule has 1 aliphatic rings. The van der Waals surface area contributed by atoms with E-state index in [1.807, 2.05) is 0 Å². The molecule has 0 aliphatic heterocycles. The van der Waals surface area contributed by atoms with Gasteiger partial charge in [-0.05, 0) is 37.3 Å². The first-order valence-corrected chi connectivity index (χ1v) is 7.64. The predicted molar refractivity (Wildman–Crippen MR) is 85.8 cm³/mol. The van der Waals surface area contributed by atoms with Gasteiger partial charge in [-0.1, -0.05) is 44.4 Å².